The van der Waals surface area contributed by atoms with Crippen LogP contribution in [0.2, 0.25) is 0 Å². The van der Waals surface area contributed by atoms with E-state index in [2.05, 4.69) is 17.6 Å². The predicted octanol–water partition coefficient (Wildman–Crippen LogP) is 1.84. The topological polar surface area (TPSA) is 50.4 Å². The Morgan fingerprint density at radius 2 is 2.22 bits per heavy atom. The Bertz CT molecular complexity index is 248. The number of rotatable bonds is 8. The van der Waals surface area contributed by atoms with Crippen molar-refractivity contribution in [1.29, 1.82) is 0 Å². The van der Waals surface area contributed by atoms with Gasteiger partial charge in [0.25, 0.3) is 0 Å². The maximum Gasteiger partial charge on any atom is 0.240 e. The first kappa shape index (κ1) is 15.4. The van der Waals surface area contributed by atoms with Crippen molar-refractivity contribution in [3.05, 3.63) is 0 Å². The third kappa shape index (κ3) is 4.58. The van der Waals surface area contributed by atoms with E-state index >= 15 is 0 Å². The van der Waals surface area contributed by atoms with Crippen molar-refractivity contribution < 1.29 is 9.53 Å². The molecule has 0 aromatic heterocycles. The zero-order chi connectivity index (χ0) is 13.4. The molecular weight excluding hydrogens is 228 g/mol. The molecule has 1 unspecified atom stereocenters. The molecule has 0 spiro atoms. The number of amides is 1. The summed E-state index contributed by atoms with van der Waals surface area (Å²) in [5.41, 5.74) is -0.297. The zero-order valence-corrected chi connectivity index (χ0v) is 12.1. The van der Waals surface area contributed by atoms with Crippen molar-refractivity contribution in [2.45, 2.75) is 64.5 Å². The molecule has 0 radical (unpaired) electrons. The fourth-order valence-electron chi connectivity index (χ4n) is 2.38. The average Bonchev–Trinajstić information content (AvgIpc) is 2.83. The molecule has 1 amide bonds. The first-order valence-corrected chi connectivity index (χ1v) is 7.25. The Kier molecular flexibility index (Phi) is 6.65. The summed E-state index contributed by atoms with van der Waals surface area (Å²) >= 11 is 0. The SMILES string of the molecule is CCC1(C(=O)NCCCCOC(C)C)CCCN1. The fraction of sp³-hybridized carbons (Fsp3) is 0.929. The molecule has 0 aromatic carbocycles. The van der Waals surface area contributed by atoms with Crippen LogP contribution in [-0.2, 0) is 9.53 Å². The van der Waals surface area contributed by atoms with E-state index < -0.39 is 0 Å². The van der Waals surface area contributed by atoms with Crippen LogP contribution in [0, 0.1) is 0 Å². The minimum Gasteiger partial charge on any atom is -0.379 e. The molecule has 1 saturated heterocycles. The number of ether oxygens (including phenoxy) is 1. The first-order valence-electron chi connectivity index (χ1n) is 7.25. The molecule has 2 N–H and O–H groups in total. The summed E-state index contributed by atoms with van der Waals surface area (Å²) in [6.45, 7) is 8.66. The number of nitrogens with one attached hydrogen (secondary N) is 2. The highest BCUT2D eigenvalue weighted by molar-refractivity contribution is 5.86. The lowest BCUT2D eigenvalue weighted by Gasteiger charge is -2.26. The molecule has 1 aliphatic rings. The van der Waals surface area contributed by atoms with Crippen molar-refractivity contribution in [2.75, 3.05) is 19.7 Å². The Hall–Kier alpha value is -0.610. The number of unbranched alkanes of at least 4 members (excludes halogenated alkanes) is 1. The zero-order valence-electron chi connectivity index (χ0n) is 12.1. The Morgan fingerprint density at radius 3 is 2.78 bits per heavy atom. The summed E-state index contributed by atoms with van der Waals surface area (Å²) in [6.07, 6.45) is 5.22. The Morgan fingerprint density at radius 1 is 1.44 bits per heavy atom. The Balaban J connectivity index is 2.13. The molecular formula is C14H28N2O2. The molecule has 1 rings (SSSR count). The number of carbonyl (C=O) groups excluding carboxylic acids is 1. The van der Waals surface area contributed by atoms with Crippen LogP contribution in [0.15, 0.2) is 0 Å². The van der Waals surface area contributed by atoms with Crippen LogP contribution < -0.4 is 10.6 Å². The predicted molar refractivity (Wildman–Crippen MR) is 73.6 cm³/mol. The molecule has 18 heavy (non-hydrogen) atoms. The minimum absolute atomic E-state index is 0.173. The van der Waals surface area contributed by atoms with E-state index in [1.807, 2.05) is 13.8 Å². The smallest absolute Gasteiger partial charge is 0.240 e. The molecule has 1 aliphatic heterocycles. The minimum atomic E-state index is -0.297. The van der Waals surface area contributed by atoms with E-state index in [1.54, 1.807) is 0 Å². The van der Waals surface area contributed by atoms with Crippen LogP contribution in [0.1, 0.15) is 52.9 Å². The van der Waals surface area contributed by atoms with E-state index in [-0.39, 0.29) is 11.4 Å². The molecule has 1 heterocycles. The second-order valence-corrected chi connectivity index (χ2v) is 5.35. The summed E-state index contributed by atoms with van der Waals surface area (Å²) in [5, 5.41) is 6.40. The van der Waals surface area contributed by atoms with Crippen molar-refractivity contribution >= 4 is 5.91 Å². The number of hydrogen-bond donors (Lipinski definition) is 2. The molecule has 0 saturated carbocycles. The van der Waals surface area contributed by atoms with Gasteiger partial charge in [0.15, 0.2) is 0 Å². The van der Waals surface area contributed by atoms with E-state index in [0.29, 0.717) is 6.10 Å². The van der Waals surface area contributed by atoms with Gasteiger partial charge in [0, 0.05) is 13.2 Å². The third-order valence-electron chi connectivity index (χ3n) is 3.59. The quantitative estimate of drug-likeness (QED) is 0.652. The summed E-state index contributed by atoms with van der Waals surface area (Å²) in [5.74, 6) is 0.173. The lowest BCUT2D eigenvalue weighted by atomic mass is 9.93. The summed E-state index contributed by atoms with van der Waals surface area (Å²) in [7, 11) is 0. The van der Waals surface area contributed by atoms with E-state index in [4.69, 9.17) is 4.74 Å². The maximum atomic E-state index is 12.1. The number of hydrogen-bond acceptors (Lipinski definition) is 3. The van der Waals surface area contributed by atoms with Gasteiger partial charge in [0.05, 0.1) is 11.6 Å². The van der Waals surface area contributed by atoms with Gasteiger partial charge in [-0.15, -0.1) is 0 Å². The van der Waals surface area contributed by atoms with Gasteiger partial charge < -0.3 is 15.4 Å². The van der Waals surface area contributed by atoms with E-state index in [0.717, 1.165) is 51.8 Å². The first-order chi connectivity index (χ1) is 8.60. The van der Waals surface area contributed by atoms with Crippen molar-refractivity contribution in [2.24, 2.45) is 0 Å². The summed E-state index contributed by atoms with van der Waals surface area (Å²) in [6, 6.07) is 0. The van der Waals surface area contributed by atoms with E-state index in [1.165, 1.54) is 0 Å². The third-order valence-corrected chi connectivity index (χ3v) is 3.59. The molecule has 106 valence electrons. The van der Waals surface area contributed by atoms with Crippen LogP contribution in [0.4, 0.5) is 0 Å². The highest BCUT2D eigenvalue weighted by Crippen LogP contribution is 2.22. The molecule has 4 heteroatoms. The second-order valence-electron chi connectivity index (χ2n) is 5.35. The standard InChI is InChI=1S/C14H28N2O2/c1-4-14(8-7-10-16-14)13(17)15-9-5-6-11-18-12(2)3/h12,16H,4-11H2,1-3H3,(H,15,17). The second kappa shape index (κ2) is 7.74. The van der Waals surface area contributed by atoms with Crippen LogP contribution >= 0.6 is 0 Å². The van der Waals surface area contributed by atoms with Gasteiger partial charge in [0.2, 0.25) is 5.91 Å². The van der Waals surface area contributed by atoms with Crippen molar-refractivity contribution in [3.8, 4) is 0 Å². The maximum absolute atomic E-state index is 12.1. The van der Waals surface area contributed by atoms with Crippen LogP contribution in [0.25, 0.3) is 0 Å². The average molecular weight is 256 g/mol. The highest BCUT2D eigenvalue weighted by Gasteiger charge is 2.38. The molecule has 0 aromatic rings. The lowest BCUT2D eigenvalue weighted by Crippen LogP contribution is -2.53. The van der Waals surface area contributed by atoms with Crippen molar-refractivity contribution in [3.63, 3.8) is 0 Å². The number of carbonyl (C=O) groups is 1. The fourth-order valence-corrected chi connectivity index (χ4v) is 2.38. The summed E-state index contributed by atoms with van der Waals surface area (Å²) in [4.78, 5) is 12.1. The van der Waals surface area contributed by atoms with Crippen LogP contribution in [0.5, 0.6) is 0 Å². The lowest BCUT2D eigenvalue weighted by molar-refractivity contribution is -0.127. The molecule has 1 fully saturated rings. The van der Waals surface area contributed by atoms with Crippen LogP contribution in [0.3, 0.4) is 0 Å². The van der Waals surface area contributed by atoms with Gasteiger partial charge in [-0.05, 0) is 52.5 Å². The monoisotopic (exact) mass is 256 g/mol. The summed E-state index contributed by atoms with van der Waals surface area (Å²) < 4.78 is 5.46. The van der Waals surface area contributed by atoms with Crippen molar-refractivity contribution in [1.82, 2.24) is 10.6 Å². The molecule has 1 atom stereocenters. The largest absolute Gasteiger partial charge is 0.379 e. The van der Waals surface area contributed by atoms with Gasteiger partial charge in [-0.2, -0.15) is 0 Å². The van der Waals surface area contributed by atoms with E-state index in [9.17, 15) is 4.79 Å². The van der Waals surface area contributed by atoms with Gasteiger partial charge in [-0.3, -0.25) is 4.79 Å². The molecule has 4 nitrogen and oxygen atoms in total. The molecule has 0 bridgehead atoms. The molecule has 0 aliphatic carbocycles. The van der Waals surface area contributed by atoms with Gasteiger partial charge in [0.1, 0.15) is 0 Å². The van der Waals surface area contributed by atoms with Gasteiger partial charge in [-0.1, -0.05) is 6.92 Å². The van der Waals surface area contributed by atoms with Gasteiger partial charge in [-0.25, -0.2) is 0 Å². The Labute approximate surface area is 111 Å². The normalized spacial score (nSPS) is 23.6. The van der Waals surface area contributed by atoms with Crippen LogP contribution in [-0.4, -0.2) is 37.2 Å². The highest BCUT2D eigenvalue weighted by atomic mass is 16.5. The van der Waals surface area contributed by atoms with Gasteiger partial charge >= 0.3 is 0 Å².